The van der Waals surface area contributed by atoms with Crippen LogP contribution in [0.2, 0.25) is 0 Å². The number of piperidine rings is 1. The molecule has 0 radical (unpaired) electrons. The second-order valence-electron chi connectivity index (χ2n) is 7.15. The van der Waals surface area contributed by atoms with Crippen LogP contribution in [0.1, 0.15) is 26.7 Å². The van der Waals surface area contributed by atoms with Crippen molar-refractivity contribution in [2.24, 2.45) is 5.92 Å². The Labute approximate surface area is 173 Å². The predicted octanol–water partition coefficient (Wildman–Crippen LogP) is 3.05. The topological polar surface area (TPSA) is 70.6 Å². The normalized spacial score (nSPS) is 16.3. The molecule has 1 aromatic heterocycles. The summed E-state index contributed by atoms with van der Waals surface area (Å²) in [6.45, 7) is 8.41. The molecule has 2 heterocycles. The van der Waals surface area contributed by atoms with Crippen LogP contribution in [-0.2, 0) is 4.79 Å². The third kappa shape index (κ3) is 5.82. The van der Waals surface area contributed by atoms with E-state index in [1.54, 1.807) is 6.33 Å². The van der Waals surface area contributed by atoms with E-state index < -0.39 is 0 Å². The number of para-hydroxylation sites is 1. The Balaban J connectivity index is 1.53. The maximum atomic E-state index is 12.7. The van der Waals surface area contributed by atoms with Crippen LogP contribution in [0.4, 0.5) is 11.6 Å². The van der Waals surface area contributed by atoms with Crippen LogP contribution < -0.4 is 15.0 Å². The Morgan fingerprint density at radius 3 is 2.79 bits per heavy atom. The summed E-state index contributed by atoms with van der Waals surface area (Å²) in [5.74, 6) is 2.78. The van der Waals surface area contributed by atoms with Crippen LogP contribution in [0, 0.1) is 5.92 Å². The van der Waals surface area contributed by atoms with Gasteiger partial charge in [0.05, 0.1) is 12.5 Å². The van der Waals surface area contributed by atoms with Gasteiger partial charge in [0, 0.05) is 32.2 Å². The van der Waals surface area contributed by atoms with Crippen molar-refractivity contribution in [1.82, 2.24) is 14.9 Å². The van der Waals surface area contributed by atoms with Crippen molar-refractivity contribution in [1.29, 1.82) is 0 Å². The molecular formula is C22H31N5O2. The van der Waals surface area contributed by atoms with Crippen LogP contribution >= 0.6 is 0 Å². The first kappa shape index (κ1) is 20.9. The molecule has 0 aliphatic carbocycles. The number of anilines is 2. The van der Waals surface area contributed by atoms with Gasteiger partial charge in [0.2, 0.25) is 5.91 Å². The van der Waals surface area contributed by atoms with Crippen molar-refractivity contribution < 1.29 is 9.53 Å². The Hall–Kier alpha value is -2.83. The van der Waals surface area contributed by atoms with Gasteiger partial charge in [-0.3, -0.25) is 4.79 Å². The molecule has 3 rings (SSSR count). The number of carbonyl (C=O) groups is 1. The maximum Gasteiger partial charge on any atom is 0.227 e. The number of nitrogens with one attached hydrogen (secondary N) is 1. The number of nitrogens with zero attached hydrogens (tertiary/aromatic N) is 4. The van der Waals surface area contributed by atoms with E-state index in [0.717, 1.165) is 49.9 Å². The van der Waals surface area contributed by atoms with Crippen LogP contribution in [0.25, 0.3) is 0 Å². The molecule has 7 nitrogen and oxygen atoms in total. The van der Waals surface area contributed by atoms with Gasteiger partial charge in [-0.2, -0.15) is 0 Å². The minimum Gasteiger partial charge on any atom is -0.492 e. The predicted molar refractivity (Wildman–Crippen MR) is 115 cm³/mol. The number of hydrogen-bond donors (Lipinski definition) is 1. The van der Waals surface area contributed by atoms with Crippen molar-refractivity contribution in [2.75, 3.05) is 49.5 Å². The Kier molecular flexibility index (Phi) is 7.67. The van der Waals surface area contributed by atoms with Crippen LogP contribution in [0.5, 0.6) is 5.75 Å². The number of hydrogen-bond acceptors (Lipinski definition) is 6. The number of rotatable bonds is 9. The third-order valence-electron chi connectivity index (χ3n) is 5.24. The first-order valence-corrected chi connectivity index (χ1v) is 10.5. The summed E-state index contributed by atoms with van der Waals surface area (Å²) in [6.07, 6.45) is 3.51. The van der Waals surface area contributed by atoms with E-state index in [2.05, 4.69) is 20.2 Å². The van der Waals surface area contributed by atoms with Gasteiger partial charge < -0.3 is 19.9 Å². The lowest BCUT2D eigenvalue weighted by atomic mass is 9.96. The monoisotopic (exact) mass is 397 g/mol. The van der Waals surface area contributed by atoms with Gasteiger partial charge in [0.1, 0.15) is 30.3 Å². The van der Waals surface area contributed by atoms with Crippen LogP contribution in [0.15, 0.2) is 42.7 Å². The summed E-state index contributed by atoms with van der Waals surface area (Å²) in [5, 5.41) is 3.29. The average molecular weight is 398 g/mol. The summed E-state index contributed by atoms with van der Waals surface area (Å²) < 4.78 is 5.70. The molecule has 1 amide bonds. The molecule has 1 aliphatic heterocycles. The number of amides is 1. The summed E-state index contributed by atoms with van der Waals surface area (Å²) in [6, 6.07) is 11.7. The highest BCUT2D eigenvalue weighted by Crippen LogP contribution is 2.24. The van der Waals surface area contributed by atoms with Gasteiger partial charge in [0.25, 0.3) is 0 Å². The fourth-order valence-electron chi connectivity index (χ4n) is 3.66. The summed E-state index contributed by atoms with van der Waals surface area (Å²) in [5.41, 5.74) is 0. The molecule has 156 valence electrons. The van der Waals surface area contributed by atoms with Gasteiger partial charge in [-0.25, -0.2) is 9.97 Å². The molecule has 1 fully saturated rings. The number of carbonyl (C=O) groups excluding carboxylic acids is 1. The van der Waals surface area contributed by atoms with Gasteiger partial charge in [-0.05, 0) is 38.8 Å². The molecule has 1 N–H and O–H groups in total. The van der Waals surface area contributed by atoms with Gasteiger partial charge in [-0.1, -0.05) is 18.2 Å². The molecule has 1 aliphatic rings. The molecule has 0 saturated carbocycles. The largest absolute Gasteiger partial charge is 0.492 e. The fraction of sp³-hybridized carbons (Fsp3) is 0.500. The minimum atomic E-state index is 0.0364. The molecule has 1 saturated heterocycles. The van der Waals surface area contributed by atoms with E-state index in [4.69, 9.17) is 4.74 Å². The lowest BCUT2D eigenvalue weighted by Crippen LogP contribution is -2.45. The van der Waals surface area contributed by atoms with Crippen LogP contribution in [-0.4, -0.2) is 60.1 Å². The molecule has 1 atom stereocenters. The van der Waals surface area contributed by atoms with Crippen molar-refractivity contribution in [2.45, 2.75) is 26.7 Å². The Morgan fingerprint density at radius 1 is 1.24 bits per heavy atom. The number of ether oxygens (including phenoxy) is 1. The third-order valence-corrected chi connectivity index (χ3v) is 5.24. The van der Waals surface area contributed by atoms with Gasteiger partial charge in [0.15, 0.2) is 0 Å². The first-order chi connectivity index (χ1) is 14.2. The molecule has 29 heavy (non-hydrogen) atoms. The fourth-order valence-corrected chi connectivity index (χ4v) is 3.66. The van der Waals surface area contributed by atoms with E-state index >= 15 is 0 Å². The van der Waals surface area contributed by atoms with E-state index in [-0.39, 0.29) is 11.8 Å². The second kappa shape index (κ2) is 10.6. The number of aromatic nitrogens is 2. The van der Waals surface area contributed by atoms with E-state index in [9.17, 15) is 4.79 Å². The molecule has 0 bridgehead atoms. The highest BCUT2D eigenvalue weighted by atomic mass is 16.5. The highest BCUT2D eigenvalue weighted by molar-refractivity contribution is 5.79. The van der Waals surface area contributed by atoms with Gasteiger partial charge in [-0.15, -0.1) is 0 Å². The molecule has 1 aromatic carbocycles. The standard InChI is InChI=1S/C22H31N5O2/c1-3-26(4-2)22(28)18-9-8-13-27(16-18)21-15-20(24-17-25-21)23-12-14-29-19-10-6-5-7-11-19/h5-7,10-11,15,17-18H,3-4,8-9,12-14,16H2,1-2H3,(H,23,24,25). The average Bonchev–Trinajstić information content (AvgIpc) is 2.78. The maximum absolute atomic E-state index is 12.7. The Bertz CT molecular complexity index is 767. The smallest absolute Gasteiger partial charge is 0.227 e. The van der Waals surface area contributed by atoms with Gasteiger partial charge >= 0.3 is 0 Å². The Morgan fingerprint density at radius 2 is 2.03 bits per heavy atom. The molecular weight excluding hydrogens is 366 g/mol. The lowest BCUT2D eigenvalue weighted by molar-refractivity contribution is -0.135. The quantitative estimate of drug-likeness (QED) is 0.656. The highest BCUT2D eigenvalue weighted by Gasteiger charge is 2.29. The minimum absolute atomic E-state index is 0.0364. The summed E-state index contributed by atoms with van der Waals surface area (Å²) >= 11 is 0. The van der Waals surface area contributed by atoms with Crippen molar-refractivity contribution in [3.63, 3.8) is 0 Å². The number of benzene rings is 1. The van der Waals surface area contributed by atoms with E-state index in [1.807, 2.05) is 55.1 Å². The molecule has 7 heteroatoms. The molecule has 0 spiro atoms. The SMILES string of the molecule is CCN(CC)C(=O)C1CCCN(c2cc(NCCOc3ccccc3)ncn2)C1. The summed E-state index contributed by atoms with van der Waals surface area (Å²) in [7, 11) is 0. The zero-order valence-electron chi connectivity index (χ0n) is 17.4. The second-order valence-corrected chi connectivity index (χ2v) is 7.15. The van der Waals surface area contributed by atoms with E-state index in [0.29, 0.717) is 19.7 Å². The molecule has 2 aromatic rings. The summed E-state index contributed by atoms with van der Waals surface area (Å²) in [4.78, 5) is 25.6. The zero-order valence-corrected chi connectivity index (χ0v) is 17.4. The van der Waals surface area contributed by atoms with Crippen molar-refractivity contribution in [3.05, 3.63) is 42.7 Å². The van der Waals surface area contributed by atoms with E-state index in [1.165, 1.54) is 0 Å². The van der Waals surface area contributed by atoms with Crippen LogP contribution in [0.3, 0.4) is 0 Å². The lowest BCUT2D eigenvalue weighted by Gasteiger charge is -2.35. The van der Waals surface area contributed by atoms with Crippen molar-refractivity contribution >= 4 is 17.5 Å². The first-order valence-electron chi connectivity index (χ1n) is 10.5. The van der Waals surface area contributed by atoms with Crippen molar-refractivity contribution in [3.8, 4) is 5.75 Å². The molecule has 1 unspecified atom stereocenters. The zero-order chi connectivity index (χ0) is 20.5.